The summed E-state index contributed by atoms with van der Waals surface area (Å²) in [5, 5.41) is 9.27. The second kappa shape index (κ2) is 5.01. The van der Waals surface area contributed by atoms with Gasteiger partial charge in [0.15, 0.2) is 0 Å². The molecule has 0 aliphatic carbocycles. The molecule has 0 heterocycles. The molecule has 106 valence electrons. The Kier molecular flexibility index (Phi) is 3.54. The van der Waals surface area contributed by atoms with Crippen molar-refractivity contribution in [2.24, 2.45) is 0 Å². The number of anilines is 2. The molecule has 0 radical (unpaired) electrons. The van der Waals surface area contributed by atoms with Gasteiger partial charge in [-0.3, -0.25) is 4.72 Å². The Bertz CT molecular complexity index is 760. The van der Waals surface area contributed by atoms with Gasteiger partial charge in [0, 0.05) is 0 Å². The van der Waals surface area contributed by atoms with Gasteiger partial charge in [-0.25, -0.2) is 12.8 Å². The van der Waals surface area contributed by atoms with E-state index in [1.807, 2.05) is 0 Å². The lowest BCUT2D eigenvalue weighted by Crippen LogP contribution is -2.14. The Balaban J connectivity index is 2.38. The molecule has 5 nitrogen and oxygen atoms in total. The molecule has 0 aliphatic rings. The lowest BCUT2D eigenvalue weighted by atomic mass is 10.2. The monoisotopic (exact) mass is 296 g/mol. The molecule has 0 aromatic heterocycles. The van der Waals surface area contributed by atoms with E-state index >= 15 is 0 Å². The zero-order valence-electron chi connectivity index (χ0n) is 10.6. The molecule has 0 saturated heterocycles. The highest BCUT2D eigenvalue weighted by atomic mass is 32.2. The molecule has 0 unspecified atom stereocenters. The van der Waals surface area contributed by atoms with Gasteiger partial charge in [0.25, 0.3) is 10.0 Å². The number of phenolic OH excluding ortho intramolecular Hbond substituents is 1. The predicted molar refractivity (Wildman–Crippen MR) is 74.5 cm³/mol. The van der Waals surface area contributed by atoms with Crippen LogP contribution in [0.1, 0.15) is 5.56 Å². The topological polar surface area (TPSA) is 92.4 Å². The van der Waals surface area contributed by atoms with Gasteiger partial charge in [-0.15, -0.1) is 0 Å². The summed E-state index contributed by atoms with van der Waals surface area (Å²) in [6.07, 6.45) is 0. The molecule has 0 bridgehead atoms. The van der Waals surface area contributed by atoms with Crippen LogP contribution in [0.4, 0.5) is 15.8 Å². The van der Waals surface area contributed by atoms with Crippen LogP contribution in [-0.2, 0) is 10.0 Å². The highest BCUT2D eigenvalue weighted by molar-refractivity contribution is 7.92. The fourth-order valence-corrected chi connectivity index (χ4v) is 2.71. The Morgan fingerprint density at radius 3 is 2.50 bits per heavy atom. The number of nitrogen functional groups attached to an aromatic ring is 1. The Hall–Kier alpha value is -2.28. The summed E-state index contributed by atoms with van der Waals surface area (Å²) in [4.78, 5) is -0.159. The van der Waals surface area contributed by atoms with Crippen LogP contribution in [0, 0.1) is 12.7 Å². The first-order chi connectivity index (χ1) is 9.29. The van der Waals surface area contributed by atoms with Gasteiger partial charge in [0.1, 0.15) is 11.6 Å². The molecule has 2 aromatic carbocycles. The van der Waals surface area contributed by atoms with E-state index in [0.717, 1.165) is 12.1 Å². The van der Waals surface area contributed by atoms with Crippen LogP contribution in [0.5, 0.6) is 5.75 Å². The summed E-state index contributed by atoms with van der Waals surface area (Å²) < 4.78 is 40.0. The second-order valence-corrected chi connectivity index (χ2v) is 5.99. The third-order valence-electron chi connectivity index (χ3n) is 2.68. The van der Waals surface area contributed by atoms with Gasteiger partial charge in [-0.05, 0) is 42.8 Å². The van der Waals surface area contributed by atoms with Gasteiger partial charge < -0.3 is 10.8 Å². The van der Waals surface area contributed by atoms with Crippen molar-refractivity contribution in [3.05, 3.63) is 47.8 Å². The molecule has 0 fully saturated rings. The smallest absolute Gasteiger partial charge is 0.262 e. The molecular weight excluding hydrogens is 283 g/mol. The minimum Gasteiger partial charge on any atom is -0.506 e. The molecular formula is C13H13FN2O3S. The van der Waals surface area contributed by atoms with E-state index < -0.39 is 15.8 Å². The molecule has 0 aliphatic heterocycles. The van der Waals surface area contributed by atoms with E-state index in [1.165, 1.54) is 18.2 Å². The van der Waals surface area contributed by atoms with Crippen LogP contribution in [-0.4, -0.2) is 13.5 Å². The van der Waals surface area contributed by atoms with E-state index in [2.05, 4.69) is 4.72 Å². The Morgan fingerprint density at radius 2 is 1.90 bits per heavy atom. The van der Waals surface area contributed by atoms with E-state index in [0.29, 0.717) is 5.56 Å². The van der Waals surface area contributed by atoms with Crippen molar-refractivity contribution in [2.45, 2.75) is 11.8 Å². The lowest BCUT2D eigenvalue weighted by Gasteiger charge is -2.10. The van der Waals surface area contributed by atoms with Crippen molar-refractivity contribution in [2.75, 3.05) is 10.5 Å². The Morgan fingerprint density at radius 1 is 1.20 bits per heavy atom. The lowest BCUT2D eigenvalue weighted by molar-refractivity contribution is 0.477. The van der Waals surface area contributed by atoms with Crippen LogP contribution in [0.3, 0.4) is 0 Å². The number of benzene rings is 2. The molecule has 0 amide bonds. The number of nitrogens with one attached hydrogen (secondary N) is 1. The molecule has 0 atom stereocenters. The quantitative estimate of drug-likeness (QED) is 0.598. The largest absolute Gasteiger partial charge is 0.506 e. The van der Waals surface area contributed by atoms with Crippen molar-refractivity contribution < 1.29 is 17.9 Å². The van der Waals surface area contributed by atoms with Crippen molar-refractivity contribution >= 4 is 21.4 Å². The first-order valence-corrected chi connectivity index (χ1v) is 7.15. The zero-order chi connectivity index (χ0) is 14.9. The number of nitrogens with two attached hydrogens (primary N) is 1. The minimum atomic E-state index is -3.97. The molecule has 2 rings (SSSR count). The van der Waals surface area contributed by atoms with Gasteiger partial charge in [-0.1, -0.05) is 6.07 Å². The highest BCUT2D eigenvalue weighted by Gasteiger charge is 2.17. The first kappa shape index (κ1) is 14.1. The third kappa shape index (κ3) is 2.83. The number of phenols is 1. The summed E-state index contributed by atoms with van der Waals surface area (Å²) >= 11 is 0. The van der Waals surface area contributed by atoms with E-state index in [4.69, 9.17) is 5.73 Å². The zero-order valence-corrected chi connectivity index (χ0v) is 11.4. The summed E-state index contributed by atoms with van der Waals surface area (Å²) in [5.41, 5.74) is 5.90. The third-order valence-corrected chi connectivity index (χ3v) is 4.04. The van der Waals surface area contributed by atoms with E-state index in [9.17, 15) is 17.9 Å². The minimum absolute atomic E-state index is 0.0720. The summed E-state index contributed by atoms with van der Waals surface area (Å²) in [5.74, 6) is -0.884. The number of sulfonamides is 1. The summed E-state index contributed by atoms with van der Waals surface area (Å²) in [6, 6.07) is 7.60. The molecule has 20 heavy (non-hydrogen) atoms. The molecule has 7 heteroatoms. The second-order valence-electron chi connectivity index (χ2n) is 4.31. The average molecular weight is 296 g/mol. The number of rotatable bonds is 3. The maximum atomic E-state index is 13.6. The van der Waals surface area contributed by atoms with Crippen molar-refractivity contribution in [1.82, 2.24) is 0 Å². The molecule has 0 saturated carbocycles. The standard InChI is InChI=1S/C13H13FN2O3S/c1-8-2-4-12(10(14)6-8)16-20(18,19)9-3-5-13(17)11(15)7-9/h2-7,16-17H,15H2,1H3. The van der Waals surface area contributed by atoms with Crippen LogP contribution < -0.4 is 10.5 Å². The molecule has 4 N–H and O–H groups in total. The normalized spacial score (nSPS) is 11.3. The fourth-order valence-electron chi connectivity index (χ4n) is 1.61. The van der Waals surface area contributed by atoms with E-state index in [-0.39, 0.29) is 22.0 Å². The number of hydrogen-bond donors (Lipinski definition) is 3. The maximum Gasteiger partial charge on any atom is 0.262 e. The van der Waals surface area contributed by atoms with Crippen molar-refractivity contribution in [3.8, 4) is 5.75 Å². The van der Waals surface area contributed by atoms with Crippen molar-refractivity contribution in [1.29, 1.82) is 0 Å². The van der Waals surface area contributed by atoms with Gasteiger partial charge >= 0.3 is 0 Å². The predicted octanol–water partition coefficient (Wildman–Crippen LogP) is 2.22. The van der Waals surface area contributed by atoms with Gasteiger partial charge in [0.05, 0.1) is 16.3 Å². The highest BCUT2D eigenvalue weighted by Crippen LogP contribution is 2.25. The van der Waals surface area contributed by atoms with Crippen LogP contribution >= 0.6 is 0 Å². The number of aryl methyl sites for hydroxylation is 1. The van der Waals surface area contributed by atoms with Crippen LogP contribution in [0.2, 0.25) is 0 Å². The van der Waals surface area contributed by atoms with Gasteiger partial charge in [0.2, 0.25) is 0 Å². The first-order valence-electron chi connectivity index (χ1n) is 5.67. The van der Waals surface area contributed by atoms with Crippen LogP contribution in [0.15, 0.2) is 41.3 Å². The van der Waals surface area contributed by atoms with E-state index in [1.54, 1.807) is 13.0 Å². The average Bonchev–Trinajstić information content (AvgIpc) is 2.36. The maximum absolute atomic E-state index is 13.6. The SMILES string of the molecule is Cc1ccc(NS(=O)(=O)c2ccc(O)c(N)c2)c(F)c1. The molecule has 0 spiro atoms. The van der Waals surface area contributed by atoms with Crippen molar-refractivity contribution in [3.63, 3.8) is 0 Å². The number of aromatic hydroxyl groups is 1. The molecule has 2 aromatic rings. The number of hydrogen-bond acceptors (Lipinski definition) is 4. The van der Waals surface area contributed by atoms with Crippen LogP contribution in [0.25, 0.3) is 0 Å². The fraction of sp³-hybridized carbons (Fsp3) is 0.0769. The number of halogens is 1. The van der Waals surface area contributed by atoms with Gasteiger partial charge in [-0.2, -0.15) is 0 Å². The summed E-state index contributed by atoms with van der Waals surface area (Å²) in [7, 11) is -3.97. The Labute approximate surface area is 115 Å². The summed E-state index contributed by atoms with van der Waals surface area (Å²) in [6.45, 7) is 1.70.